The number of benzene rings is 1. The summed E-state index contributed by atoms with van der Waals surface area (Å²) >= 11 is 0. The first kappa shape index (κ1) is 9.90. The van der Waals surface area contributed by atoms with E-state index >= 15 is 0 Å². The van der Waals surface area contributed by atoms with Crippen LogP contribution in [0.25, 0.3) is 0 Å². The fourth-order valence-electron chi connectivity index (χ4n) is 1.62. The SMILES string of the molecule is CCC1=NN(c2ccccc2)C(=O)CC1. The van der Waals surface area contributed by atoms with Crippen LogP contribution in [0.4, 0.5) is 5.69 Å². The zero-order valence-corrected chi connectivity index (χ0v) is 8.81. The lowest BCUT2D eigenvalue weighted by atomic mass is 10.1. The highest BCUT2D eigenvalue weighted by Gasteiger charge is 2.20. The Kier molecular flexibility index (Phi) is 2.81. The largest absolute Gasteiger partial charge is 0.273 e. The third kappa shape index (κ3) is 2.06. The van der Waals surface area contributed by atoms with Gasteiger partial charge in [-0.1, -0.05) is 25.1 Å². The number of carbonyl (C=O) groups is 1. The topological polar surface area (TPSA) is 32.7 Å². The summed E-state index contributed by atoms with van der Waals surface area (Å²) in [5, 5.41) is 5.87. The van der Waals surface area contributed by atoms with Crippen molar-refractivity contribution >= 4 is 17.3 Å². The molecule has 0 spiro atoms. The van der Waals surface area contributed by atoms with Crippen LogP contribution in [-0.4, -0.2) is 11.6 Å². The van der Waals surface area contributed by atoms with E-state index in [-0.39, 0.29) is 5.91 Å². The van der Waals surface area contributed by atoms with E-state index in [1.807, 2.05) is 30.3 Å². The minimum Gasteiger partial charge on any atom is -0.273 e. The average molecular weight is 202 g/mol. The zero-order valence-electron chi connectivity index (χ0n) is 8.81. The van der Waals surface area contributed by atoms with Crippen molar-refractivity contribution in [2.24, 2.45) is 5.10 Å². The Morgan fingerprint density at radius 1 is 1.27 bits per heavy atom. The molecule has 1 aromatic rings. The molecule has 2 rings (SSSR count). The molecule has 0 bridgehead atoms. The maximum atomic E-state index is 11.7. The lowest BCUT2D eigenvalue weighted by Crippen LogP contribution is -2.31. The van der Waals surface area contributed by atoms with Gasteiger partial charge in [0.25, 0.3) is 0 Å². The molecule has 0 saturated carbocycles. The maximum absolute atomic E-state index is 11.7. The first-order valence-corrected chi connectivity index (χ1v) is 5.25. The Bertz CT molecular complexity index is 384. The molecule has 3 nitrogen and oxygen atoms in total. The summed E-state index contributed by atoms with van der Waals surface area (Å²) in [6, 6.07) is 9.57. The molecule has 1 aromatic carbocycles. The lowest BCUT2D eigenvalue weighted by Gasteiger charge is -2.22. The summed E-state index contributed by atoms with van der Waals surface area (Å²) in [6.07, 6.45) is 2.29. The van der Waals surface area contributed by atoms with E-state index in [0.717, 1.165) is 24.2 Å². The summed E-state index contributed by atoms with van der Waals surface area (Å²) in [7, 11) is 0. The molecule has 0 fully saturated rings. The van der Waals surface area contributed by atoms with E-state index in [0.29, 0.717) is 6.42 Å². The van der Waals surface area contributed by atoms with Crippen molar-refractivity contribution in [3.05, 3.63) is 30.3 Å². The first-order chi connectivity index (χ1) is 7.31. The highest BCUT2D eigenvalue weighted by Crippen LogP contribution is 2.20. The van der Waals surface area contributed by atoms with Crippen LogP contribution in [0.1, 0.15) is 26.2 Å². The van der Waals surface area contributed by atoms with Crippen LogP contribution in [0.15, 0.2) is 35.4 Å². The number of rotatable bonds is 2. The number of para-hydroxylation sites is 1. The van der Waals surface area contributed by atoms with Gasteiger partial charge < -0.3 is 0 Å². The second-order valence-corrected chi connectivity index (χ2v) is 3.56. The second-order valence-electron chi connectivity index (χ2n) is 3.56. The number of hydrazone groups is 1. The van der Waals surface area contributed by atoms with Crippen molar-refractivity contribution in [2.45, 2.75) is 26.2 Å². The number of amides is 1. The van der Waals surface area contributed by atoms with Gasteiger partial charge in [0.1, 0.15) is 0 Å². The molecule has 0 N–H and O–H groups in total. The van der Waals surface area contributed by atoms with Gasteiger partial charge in [-0.3, -0.25) is 4.79 Å². The molecular weight excluding hydrogens is 188 g/mol. The highest BCUT2D eigenvalue weighted by atomic mass is 16.2. The van der Waals surface area contributed by atoms with Crippen molar-refractivity contribution in [1.82, 2.24) is 0 Å². The van der Waals surface area contributed by atoms with E-state index in [2.05, 4.69) is 12.0 Å². The molecule has 15 heavy (non-hydrogen) atoms. The molecule has 1 amide bonds. The summed E-state index contributed by atoms with van der Waals surface area (Å²) in [5.41, 5.74) is 1.95. The van der Waals surface area contributed by atoms with Gasteiger partial charge in [-0.25, -0.2) is 5.01 Å². The van der Waals surface area contributed by atoms with Gasteiger partial charge >= 0.3 is 0 Å². The van der Waals surface area contributed by atoms with Gasteiger partial charge in [0.2, 0.25) is 5.91 Å². The molecule has 1 aliphatic heterocycles. The summed E-state index contributed by atoms with van der Waals surface area (Å²) in [6.45, 7) is 2.07. The fourth-order valence-corrected chi connectivity index (χ4v) is 1.62. The van der Waals surface area contributed by atoms with Gasteiger partial charge in [-0.15, -0.1) is 0 Å². The molecule has 1 heterocycles. The van der Waals surface area contributed by atoms with E-state index < -0.39 is 0 Å². The van der Waals surface area contributed by atoms with Crippen LogP contribution in [0.2, 0.25) is 0 Å². The van der Waals surface area contributed by atoms with Crippen molar-refractivity contribution in [3.63, 3.8) is 0 Å². The van der Waals surface area contributed by atoms with Crippen molar-refractivity contribution in [1.29, 1.82) is 0 Å². The van der Waals surface area contributed by atoms with Gasteiger partial charge in [-0.2, -0.15) is 5.10 Å². The monoisotopic (exact) mass is 202 g/mol. The van der Waals surface area contributed by atoms with Crippen LogP contribution in [-0.2, 0) is 4.79 Å². The number of anilines is 1. The Morgan fingerprint density at radius 2 is 2.00 bits per heavy atom. The molecule has 0 atom stereocenters. The summed E-state index contributed by atoms with van der Waals surface area (Å²) in [5.74, 6) is 0.0819. The van der Waals surface area contributed by atoms with E-state index in [1.165, 1.54) is 5.01 Å². The first-order valence-electron chi connectivity index (χ1n) is 5.25. The Morgan fingerprint density at radius 3 is 2.67 bits per heavy atom. The molecule has 0 radical (unpaired) electrons. The average Bonchev–Trinajstić information content (AvgIpc) is 2.31. The molecule has 0 saturated heterocycles. The van der Waals surface area contributed by atoms with Gasteiger partial charge in [0.15, 0.2) is 0 Å². The number of nitrogens with zero attached hydrogens (tertiary/aromatic N) is 2. The minimum absolute atomic E-state index is 0.0819. The summed E-state index contributed by atoms with van der Waals surface area (Å²) in [4.78, 5) is 11.7. The van der Waals surface area contributed by atoms with Crippen LogP contribution in [0.3, 0.4) is 0 Å². The lowest BCUT2D eigenvalue weighted by molar-refractivity contribution is -0.118. The smallest absolute Gasteiger partial charge is 0.247 e. The molecule has 1 aliphatic rings. The van der Waals surface area contributed by atoms with Gasteiger partial charge in [0.05, 0.1) is 5.69 Å². The predicted molar refractivity (Wildman–Crippen MR) is 60.9 cm³/mol. The van der Waals surface area contributed by atoms with Gasteiger partial charge in [0, 0.05) is 12.1 Å². The molecule has 0 aliphatic carbocycles. The van der Waals surface area contributed by atoms with Crippen molar-refractivity contribution in [3.8, 4) is 0 Å². The molecule has 78 valence electrons. The van der Waals surface area contributed by atoms with Crippen LogP contribution in [0.5, 0.6) is 0 Å². The van der Waals surface area contributed by atoms with E-state index in [1.54, 1.807) is 0 Å². The van der Waals surface area contributed by atoms with Crippen LogP contribution >= 0.6 is 0 Å². The van der Waals surface area contributed by atoms with E-state index in [4.69, 9.17) is 0 Å². The van der Waals surface area contributed by atoms with Crippen LogP contribution < -0.4 is 5.01 Å². The normalized spacial score (nSPS) is 16.5. The van der Waals surface area contributed by atoms with Crippen LogP contribution in [0, 0.1) is 0 Å². The highest BCUT2D eigenvalue weighted by molar-refractivity contribution is 6.01. The van der Waals surface area contributed by atoms with E-state index in [9.17, 15) is 4.79 Å². The fraction of sp³-hybridized carbons (Fsp3) is 0.333. The quantitative estimate of drug-likeness (QED) is 0.725. The number of hydrogen-bond donors (Lipinski definition) is 0. The van der Waals surface area contributed by atoms with Crippen molar-refractivity contribution in [2.75, 3.05) is 5.01 Å². The second kappa shape index (κ2) is 4.26. The molecular formula is C12H14N2O. The minimum atomic E-state index is 0.0819. The molecule has 0 unspecified atom stereocenters. The number of hydrogen-bond acceptors (Lipinski definition) is 2. The predicted octanol–water partition coefficient (Wildman–Crippen LogP) is 2.58. The Hall–Kier alpha value is -1.64. The third-order valence-corrected chi connectivity index (χ3v) is 2.51. The zero-order chi connectivity index (χ0) is 10.7. The summed E-state index contributed by atoms with van der Waals surface area (Å²) < 4.78 is 0. The van der Waals surface area contributed by atoms with Gasteiger partial charge in [-0.05, 0) is 25.0 Å². The third-order valence-electron chi connectivity index (χ3n) is 2.51. The Labute approximate surface area is 89.4 Å². The molecule has 0 aromatic heterocycles. The Balaban J connectivity index is 2.31. The number of carbonyl (C=O) groups excluding carboxylic acids is 1. The standard InChI is InChI=1S/C12H14N2O/c1-2-10-8-9-12(15)14(13-10)11-6-4-3-5-7-11/h3-7H,2,8-9H2,1H3. The maximum Gasteiger partial charge on any atom is 0.247 e. The van der Waals surface area contributed by atoms with Crippen molar-refractivity contribution < 1.29 is 4.79 Å². The molecule has 3 heteroatoms.